The minimum Gasteiger partial charge on any atom is -0.310 e. The Balaban J connectivity index is 1.99. The molecule has 1 aromatic rings. The predicted molar refractivity (Wildman–Crippen MR) is 58.2 cm³/mol. The highest BCUT2D eigenvalue weighted by Crippen LogP contribution is 2.38. The fourth-order valence-electron chi connectivity index (χ4n) is 3.04. The number of hydrogen-bond donors (Lipinski definition) is 1. The van der Waals surface area contributed by atoms with Gasteiger partial charge in [-0.1, -0.05) is 24.3 Å². The first kappa shape index (κ1) is 8.49. The van der Waals surface area contributed by atoms with Crippen molar-refractivity contribution in [2.24, 2.45) is 5.92 Å². The van der Waals surface area contributed by atoms with E-state index >= 15 is 0 Å². The lowest BCUT2D eigenvalue weighted by atomic mass is 9.76. The molecular weight excluding hydrogens is 170 g/mol. The molecule has 0 radical (unpaired) electrons. The van der Waals surface area contributed by atoms with Gasteiger partial charge >= 0.3 is 0 Å². The van der Waals surface area contributed by atoms with E-state index in [-0.39, 0.29) is 0 Å². The van der Waals surface area contributed by atoms with Crippen LogP contribution in [0.3, 0.4) is 0 Å². The number of aryl methyl sites for hydroxylation is 1. The maximum Gasteiger partial charge on any atom is 0.0351 e. The minimum absolute atomic E-state index is 0.661. The van der Waals surface area contributed by atoms with Crippen LogP contribution in [0, 0.1) is 5.92 Å². The second-order valence-electron chi connectivity index (χ2n) is 4.57. The van der Waals surface area contributed by atoms with Crippen LogP contribution in [0.2, 0.25) is 0 Å². The molecule has 1 heterocycles. The second kappa shape index (κ2) is 3.39. The molecule has 0 saturated carbocycles. The molecule has 3 rings (SSSR count). The highest BCUT2D eigenvalue weighted by molar-refractivity contribution is 5.33. The summed E-state index contributed by atoms with van der Waals surface area (Å²) < 4.78 is 0. The van der Waals surface area contributed by atoms with E-state index in [2.05, 4.69) is 29.6 Å². The molecule has 0 spiro atoms. The van der Waals surface area contributed by atoms with Crippen LogP contribution in [0.1, 0.15) is 36.4 Å². The van der Waals surface area contributed by atoms with Crippen molar-refractivity contribution in [3.8, 4) is 0 Å². The van der Waals surface area contributed by atoms with E-state index in [1.807, 2.05) is 0 Å². The number of benzene rings is 1. The molecule has 74 valence electrons. The first-order valence-electron chi connectivity index (χ1n) is 5.76. The fraction of sp³-hybridized carbons (Fsp3) is 0.538. The zero-order valence-corrected chi connectivity index (χ0v) is 8.50. The molecular formula is C13H17N. The summed E-state index contributed by atoms with van der Waals surface area (Å²) in [4.78, 5) is 0. The number of hydrogen-bond acceptors (Lipinski definition) is 1. The Morgan fingerprint density at radius 1 is 1.14 bits per heavy atom. The number of piperidine rings is 1. The summed E-state index contributed by atoms with van der Waals surface area (Å²) in [6.45, 7) is 1.20. The third-order valence-corrected chi connectivity index (χ3v) is 3.76. The summed E-state index contributed by atoms with van der Waals surface area (Å²) in [5.41, 5.74) is 3.15. The van der Waals surface area contributed by atoms with Gasteiger partial charge in [0.2, 0.25) is 0 Å². The third-order valence-electron chi connectivity index (χ3n) is 3.76. The van der Waals surface area contributed by atoms with E-state index in [1.54, 1.807) is 11.1 Å². The van der Waals surface area contributed by atoms with Crippen LogP contribution in [0.25, 0.3) is 0 Å². The summed E-state index contributed by atoms with van der Waals surface area (Å²) >= 11 is 0. The van der Waals surface area contributed by atoms with Crippen LogP contribution < -0.4 is 5.32 Å². The van der Waals surface area contributed by atoms with E-state index in [0.717, 1.165) is 5.92 Å². The lowest BCUT2D eigenvalue weighted by molar-refractivity contribution is 0.255. The average molecular weight is 187 g/mol. The van der Waals surface area contributed by atoms with Gasteiger partial charge in [0.05, 0.1) is 0 Å². The number of fused-ring (bicyclic) bond motifs is 3. The molecule has 1 heteroatoms. The quantitative estimate of drug-likeness (QED) is 0.658. The van der Waals surface area contributed by atoms with Crippen molar-refractivity contribution in [3.05, 3.63) is 35.4 Å². The smallest absolute Gasteiger partial charge is 0.0351 e. The number of rotatable bonds is 0. The summed E-state index contributed by atoms with van der Waals surface area (Å²) in [7, 11) is 0. The Bertz CT molecular complexity index is 332. The normalized spacial score (nSPS) is 30.6. The highest BCUT2D eigenvalue weighted by Gasteiger charge is 2.30. The van der Waals surface area contributed by atoms with Crippen molar-refractivity contribution in [1.29, 1.82) is 0 Å². The van der Waals surface area contributed by atoms with Crippen molar-refractivity contribution in [1.82, 2.24) is 5.32 Å². The van der Waals surface area contributed by atoms with Gasteiger partial charge in [-0.2, -0.15) is 0 Å². The zero-order chi connectivity index (χ0) is 9.38. The van der Waals surface area contributed by atoms with E-state index in [1.165, 1.54) is 32.2 Å². The predicted octanol–water partition coefficient (Wildman–Crippen LogP) is 2.67. The van der Waals surface area contributed by atoms with Crippen molar-refractivity contribution in [2.45, 2.75) is 31.7 Å². The molecule has 0 bridgehead atoms. The number of nitrogens with one attached hydrogen (secondary N) is 1. The molecule has 1 aromatic carbocycles. The van der Waals surface area contributed by atoms with Crippen molar-refractivity contribution in [3.63, 3.8) is 0 Å². The van der Waals surface area contributed by atoms with Gasteiger partial charge in [0.25, 0.3) is 0 Å². The lowest BCUT2D eigenvalue weighted by Gasteiger charge is -2.37. The van der Waals surface area contributed by atoms with Crippen LogP contribution in [0.5, 0.6) is 0 Å². The van der Waals surface area contributed by atoms with E-state index < -0.39 is 0 Å². The van der Waals surface area contributed by atoms with Gasteiger partial charge < -0.3 is 5.32 Å². The SMILES string of the molecule is c1ccc2c(c1)CC[C@@H]1CCCN[C@H]21. The van der Waals surface area contributed by atoms with Crippen LogP contribution in [0.4, 0.5) is 0 Å². The molecule has 2 atom stereocenters. The lowest BCUT2D eigenvalue weighted by Crippen LogP contribution is -2.37. The Kier molecular flexibility index (Phi) is 2.06. The first-order chi connectivity index (χ1) is 6.95. The second-order valence-corrected chi connectivity index (χ2v) is 4.57. The van der Waals surface area contributed by atoms with Crippen molar-refractivity contribution >= 4 is 0 Å². The average Bonchev–Trinajstić information content (AvgIpc) is 2.29. The summed E-state index contributed by atoms with van der Waals surface area (Å²) in [5, 5.41) is 3.68. The van der Waals surface area contributed by atoms with Gasteiger partial charge in [0, 0.05) is 6.04 Å². The van der Waals surface area contributed by atoms with Crippen molar-refractivity contribution in [2.75, 3.05) is 6.54 Å². The van der Waals surface area contributed by atoms with Gasteiger partial charge in [-0.05, 0) is 49.3 Å². The molecule has 1 nitrogen and oxygen atoms in total. The Hall–Kier alpha value is -0.820. The van der Waals surface area contributed by atoms with Crippen molar-refractivity contribution < 1.29 is 0 Å². The topological polar surface area (TPSA) is 12.0 Å². The molecule has 2 aliphatic rings. The summed E-state index contributed by atoms with van der Waals surface area (Å²) in [5.74, 6) is 0.902. The van der Waals surface area contributed by atoms with Gasteiger partial charge in [-0.15, -0.1) is 0 Å². The molecule has 1 aliphatic heterocycles. The maximum absolute atomic E-state index is 3.68. The molecule has 1 N–H and O–H groups in total. The molecule has 0 aromatic heterocycles. The van der Waals surface area contributed by atoms with Gasteiger partial charge in [0.1, 0.15) is 0 Å². The monoisotopic (exact) mass is 187 g/mol. The van der Waals surface area contributed by atoms with Gasteiger partial charge in [-0.3, -0.25) is 0 Å². The highest BCUT2D eigenvalue weighted by atomic mass is 14.9. The Morgan fingerprint density at radius 2 is 2.07 bits per heavy atom. The maximum atomic E-state index is 3.68. The van der Waals surface area contributed by atoms with Crippen LogP contribution in [-0.4, -0.2) is 6.54 Å². The minimum atomic E-state index is 0.661. The zero-order valence-electron chi connectivity index (χ0n) is 8.50. The molecule has 1 aliphatic carbocycles. The molecule has 0 amide bonds. The standard InChI is InChI=1S/C13H17N/c1-2-6-12-10(4-1)7-8-11-5-3-9-14-13(11)12/h1-2,4,6,11,13-14H,3,5,7-9H2/t11-,13-/m0/s1. The van der Waals surface area contributed by atoms with E-state index in [0.29, 0.717) is 6.04 Å². The Morgan fingerprint density at radius 3 is 3.07 bits per heavy atom. The van der Waals surface area contributed by atoms with E-state index in [9.17, 15) is 0 Å². The fourth-order valence-corrected chi connectivity index (χ4v) is 3.04. The summed E-state index contributed by atoms with van der Waals surface area (Å²) in [6, 6.07) is 9.61. The molecule has 1 saturated heterocycles. The van der Waals surface area contributed by atoms with Gasteiger partial charge in [0.15, 0.2) is 0 Å². The molecule has 14 heavy (non-hydrogen) atoms. The van der Waals surface area contributed by atoms with Gasteiger partial charge in [-0.25, -0.2) is 0 Å². The third kappa shape index (κ3) is 1.27. The van der Waals surface area contributed by atoms with Crippen LogP contribution in [0.15, 0.2) is 24.3 Å². The van der Waals surface area contributed by atoms with Crippen LogP contribution in [-0.2, 0) is 6.42 Å². The van der Waals surface area contributed by atoms with Crippen LogP contribution >= 0.6 is 0 Å². The first-order valence-corrected chi connectivity index (χ1v) is 5.76. The summed E-state index contributed by atoms with van der Waals surface area (Å²) in [6.07, 6.45) is 5.46. The Labute approximate surface area is 85.5 Å². The molecule has 1 fully saturated rings. The molecule has 0 unspecified atom stereocenters. The van der Waals surface area contributed by atoms with E-state index in [4.69, 9.17) is 0 Å². The largest absolute Gasteiger partial charge is 0.310 e.